The number of nitrogens with zero attached hydrogens (tertiary/aromatic N) is 3. The number of ether oxygens (including phenoxy) is 1. The van der Waals surface area contributed by atoms with Crippen molar-refractivity contribution in [2.75, 3.05) is 6.61 Å². The highest BCUT2D eigenvalue weighted by Crippen LogP contribution is 2.32. The quantitative estimate of drug-likeness (QED) is 0.726. The zero-order chi connectivity index (χ0) is 14.9. The van der Waals surface area contributed by atoms with Gasteiger partial charge in [0.15, 0.2) is 0 Å². The van der Waals surface area contributed by atoms with Gasteiger partial charge in [0.2, 0.25) is 5.82 Å². The minimum Gasteiger partial charge on any atom is -0.365 e. The summed E-state index contributed by atoms with van der Waals surface area (Å²) < 4.78 is 11.3. The van der Waals surface area contributed by atoms with Crippen molar-refractivity contribution in [1.29, 1.82) is 0 Å². The van der Waals surface area contributed by atoms with E-state index < -0.39 is 0 Å². The number of benzene rings is 1. The molecule has 4 rings (SSSR count). The normalized spacial score (nSPS) is 17.2. The van der Waals surface area contributed by atoms with Crippen LogP contribution in [0.5, 0.6) is 0 Å². The predicted molar refractivity (Wildman–Crippen MR) is 80.2 cm³/mol. The van der Waals surface area contributed by atoms with Gasteiger partial charge in [0.1, 0.15) is 6.10 Å². The molecule has 0 saturated heterocycles. The van der Waals surface area contributed by atoms with Crippen LogP contribution < -0.4 is 0 Å². The van der Waals surface area contributed by atoms with Gasteiger partial charge in [0.25, 0.3) is 5.89 Å². The van der Waals surface area contributed by atoms with E-state index in [-0.39, 0.29) is 6.10 Å². The first-order valence-electron chi connectivity index (χ1n) is 7.27. The molecular weight excluding hydrogens is 278 g/mol. The second kappa shape index (κ2) is 5.35. The standard InChI is InChI=1S/C17H15N3O2/c1-11-10-18-8-6-13(11)17-19-16(20-22-17)15-14-5-3-2-4-12(14)7-9-21-15/h2-6,8,10,15H,7,9H2,1H3. The SMILES string of the molecule is Cc1cnccc1-c1nc(C2OCCc3ccccc32)no1. The number of pyridine rings is 1. The molecule has 1 unspecified atom stereocenters. The van der Waals surface area contributed by atoms with Crippen LogP contribution in [-0.4, -0.2) is 21.7 Å². The molecule has 22 heavy (non-hydrogen) atoms. The molecule has 5 nitrogen and oxygen atoms in total. The molecule has 0 spiro atoms. The van der Waals surface area contributed by atoms with E-state index in [0.717, 1.165) is 23.1 Å². The number of aromatic nitrogens is 3. The van der Waals surface area contributed by atoms with Crippen LogP contribution in [0, 0.1) is 6.92 Å². The van der Waals surface area contributed by atoms with Gasteiger partial charge in [0, 0.05) is 18.0 Å². The third-order valence-electron chi connectivity index (χ3n) is 3.92. The van der Waals surface area contributed by atoms with Crippen LogP contribution in [0.25, 0.3) is 11.5 Å². The smallest absolute Gasteiger partial charge is 0.258 e. The zero-order valence-electron chi connectivity index (χ0n) is 12.2. The van der Waals surface area contributed by atoms with Gasteiger partial charge in [-0.1, -0.05) is 29.4 Å². The van der Waals surface area contributed by atoms with Crippen LogP contribution in [0.1, 0.15) is 28.6 Å². The fourth-order valence-corrected chi connectivity index (χ4v) is 2.77. The van der Waals surface area contributed by atoms with E-state index in [2.05, 4.69) is 27.3 Å². The van der Waals surface area contributed by atoms with Gasteiger partial charge in [-0.15, -0.1) is 0 Å². The van der Waals surface area contributed by atoms with Crippen molar-refractivity contribution in [2.24, 2.45) is 0 Å². The Morgan fingerprint density at radius 2 is 2.09 bits per heavy atom. The first-order chi connectivity index (χ1) is 10.8. The monoisotopic (exact) mass is 293 g/mol. The molecule has 110 valence electrons. The van der Waals surface area contributed by atoms with E-state index in [9.17, 15) is 0 Å². The third-order valence-corrected chi connectivity index (χ3v) is 3.92. The Labute approximate surface area is 128 Å². The third kappa shape index (κ3) is 2.19. The predicted octanol–water partition coefficient (Wildman–Crippen LogP) is 3.10. The van der Waals surface area contributed by atoms with E-state index in [1.54, 1.807) is 12.4 Å². The van der Waals surface area contributed by atoms with Crippen molar-refractivity contribution < 1.29 is 9.26 Å². The average molecular weight is 293 g/mol. The van der Waals surface area contributed by atoms with Gasteiger partial charge >= 0.3 is 0 Å². The summed E-state index contributed by atoms with van der Waals surface area (Å²) in [6.07, 6.45) is 4.16. The summed E-state index contributed by atoms with van der Waals surface area (Å²) in [5.74, 6) is 1.07. The van der Waals surface area contributed by atoms with Crippen molar-refractivity contribution in [1.82, 2.24) is 15.1 Å². The molecule has 1 atom stereocenters. The summed E-state index contributed by atoms with van der Waals surface area (Å²) in [7, 11) is 0. The maximum atomic E-state index is 5.87. The second-order valence-electron chi connectivity index (χ2n) is 5.35. The molecule has 0 amide bonds. The Morgan fingerprint density at radius 3 is 3.00 bits per heavy atom. The number of fused-ring (bicyclic) bond motifs is 1. The molecule has 0 radical (unpaired) electrons. The zero-order valence-corrected chi connectivity index (χ0v) is 12.2. The number of aryl methyl sites for hydroxylation is 1. The molecule has 1 aliphatic heterocycles. The molecule has 2 aromatic heterocycles. The molecule has 5 heteroatoms. The lowest BCUT2D eigenvalue weighted by Crippen LogP contribution is -2.18. The van der Waals surface area contributed by atoms with Crippen molar-refractivity contribution in [3.05, 3.63) is 65.2 Å². The average Bonchev–Trinajstić information content (AvgIpc) is 3.04. The summed E-state index contributed by atoms with van der Waals surface area (Å²) >= 11 is 0. The number of hydrogen-bond acceptors (Lipinski definition) is 5. The highest BCUT2D eigenvalue weighted by atomic mass is 16.5. The first-order valence-corrected chi connectivity index (χ1v) is 7.27. The summed E-state index contributed by atoms with van der Waals surface area (Å²) in [6.45, 7) is 2.64. The lowest BCUT2D eigenvalue weighted by molar-refractivity contribution is 0.0625. The Kier molecular flexibility index (Phi) is 3.20. The van der Waals surface area contributed by atoms with E-state index in [4.69, 9.17) is 9.26 Å². The largest absolute Gasteiger partial charge is 0.365 e. The van der Waals surface area contributed by atoms with E-state index in [0.29, 0.717) is 18.3 Å². The fourth-order valence-electron chi connectivity index (χ4n) is 2.77. The van der Waals surface area contributed by atoms with Crippen LogP contribution in [0.4, 0.5) is 0 Å². The van der Waals surface area contributed by atoms with Crippen LogP contribution in [0.3, 0.4) is 0 Å². The van der Waals surface area contributed by atoms with Gasteiger partial charge in [-0.3, -0.25) is 4.98 Å². The van der Waals surface area contributed by atoms with Crippen LogP contribution >= 0.6 is 0 Å². The summed E-state index contributed by atoms with van der Waals surface area (Å²) in [6, 6.07) is 10.1. The van der Waals surface area contributed by atoms with E-state index >= 15 is 0 Å². The lowest BCUT2D eigenvalue weighted by Gasteiger charge is -2.23. The maximum absolute atomic E-state index is 5.87. The molecule has 0 bridgehead atoms. The minimum atomic E-state index is -0.260. The van der Waals surface area contributed by atoms with Crippen LogP contribution in [0.15, 0.2) is 47.2 Å². The van der Waals surface area contributed by atoms with Crippen molar-refractivity contribution in [3.63, 3.8) is 0 Å². The van der Waals surface area contributed by atoms with Gasteiger partial charge in [0.05, 0.1) is 6.61 Å². The van der Waals surface area contributed by atoms with E-state index in [1.807, 2.05) is 25.1 Å². The van der Waals surface area contributed by atoms with Gasteiger partial charge in [-0.2, -0.15) is 4.98 Å². The lowest BCUT2D eigenvalue weighted by atomic mass is 9.97. The Hall–Kier alpha value is -2.53. The molecule has 3 aromatic rings. The molecule has 0 aliphatic carbocycles. The molecular formula is C17H15N3O2. The van der Waals surface area contributed by atoms with Gasteiger partial charge < -0.3 is 9.26 Å². The van der Waals surface area contributed by atoms with E-state index in [1.165, 1.54) is 5.56 Å². The number of hydrogen-bond donors (Lipinski definition) is 0. The number of rotatable bonds is 2. The fraction of sp³-hybridized carbons (Fsp3) is 0.235. The molecule has 1 aromatic carbocycles. The topological polar surface area (TPSA) is 61.0 Å². The van der Waals surface area contributed by atoms with Gasteiger partial charge in [-0.05, 0) is 36.1 Å². The van der Waals surface area contributed by atoms with Crippen molar-refractivity contribution in [2.45, 2.75) is 19.4 Å². The Bertz CT molecular complexity index is 813. The maximum Gasteiger partial charge on any atom is 0.258 e. The molecule has 3 heterocycles. The Balaban J connectivity index is 1.73. The van der Waals surface area contributed by atoms with Crippen LogP contribution in [0.2, 0.25) is 0 Å². The minimum absolute atomic E-state index is 0.260. The summed E-state index contributed by atoms with van der Waals surface area (Å²) in [5, 5.41) is 4.12. The first kappa shape index (κ1) is 13.2. The van der Waals surface area contributed by atoms with Crippen molar-refractivity contribution in [3.8, 4) is 11.5 Å². The van der Waals surface area contributed by atoms with Crippen molar-refractivity contribution >= 4 is 0 Å². The second-order valence-corrected chi connectivity index (χ2v) is 5.35. The summed E-state index contributed by atoms with van der Waals surface area (Å²) in [4.78, 5) is 8.62. The highest BCUT2D eigenvalue weighted by molar-refractivity contribution is 5.56. The molecule has 0 saturated carbocycles. The molecule has 1 aliphatic rings. The highest BCUT2D eigenvalue weighted by Gasteiger charge is 2.27. The summed E-state index contributed by atoms with van der Waals surface area (Å²) in [5.41, 5.74) is 4.30. The Morgan fingerprint density at radius 1 is 1.18 bits per heavy atom. The van der Waals surface area contributed by atoms with Gasteiger partial charge in [-0.25, -0.2) is 0 Å². The molecule has 0 N–H and O–H groups in total. The van der Waals surface area contributed by atoms with Crippen LogP contribution in [-0.2, 0) is 11.2 Å². The molecule has 0 fully saturated rings.